The second kappa shape index (κ2) is 7.11. The summed E-state index contributed by atoms with van der Waals surface area (Å²) in [5.41, 5.74) is 2.94. The van der Waals surface area contributed by atoms with Gasteiger partial charge in [-0.1, -0.05) is 17.7 Å². The fourth-order valence-electron chi connectivity index (χ4n) is 2.37. The molecule has 0 saturated carbocycles. The van der Waals surface area contributed by atoms with Gasteiger partial charge in [-0.3, -0.25) is 9.48 Å². The van der Waals surface area contributed by atoms with Crippen LogP contribution < -0.4 is 0 Å². The van der Waals surface area contributed by atoms with Crippen molar-refractivity contribution in [3.05, 3.63) is 51.0 Å². The quantitative estimate of drug-likeness (QED) is 0.756. The first-order valence-electron chi connectivity index (χ1n) is 7.04. The Morgan fingerprint density at radius 1 is 1.50 bits per heavy atom. The van der Waals surface area contributed by atoms with Crippen LogP contribution in [-0.2, 0) is 24.8 Å². The topological polar surface area (TPSA) is 38.1 Å². The monoisotopic (exact) mass is 337 g/mol. The van der Waals surface area contributed by atoms with Crippen molar-refractivity contribution in [2.45, 2.75) is 26.8 Å². The Hall–Kier alpha value is -1.59. The lowest BCUT2D eigenvalue weighted by Gasteiger charge is -2.20. The summed E-state index contributed by atoms with van der Waals surface area (Å²) in [6.07, 6.45) is 2.11. The second-order valence-corrected chi connectivity index (χ2v) is 7.02. The fourth-order valence-corrected chi connectivity index (χ4v) is 3.47. The lowest BCUT2D eigenvalue weighted by molar-refractivity contribution is -0.130. The van der Waals surface area contributed by atoms with Crippen LogP contribution in [0.1, 0.15) is 21.8 Å². The van der Waals surface area contributed by atoms with Gasteiger partial charge in [0.25, 0.3) is 0 Å². The highest BCUT2D eigenvalue weighted by Gasteiger charge is 2.18. The van der Waals surface area contributed by atoms with Gasteiger partial charge in [0.1, 0.15) is 0 Å². The maximum atomic E-state index is 12.6. The number of nitrogens with zero attached hydrogens (tertiary/aromatic N) is 3. The zero-order valence-electron chi connectivity index (χ0n) is 13.1. The fraction of sp³-hybridized carbons (Fsp3) is 0.375. The van der Waals surface area contributed by atoms with Crippen LogP contribution in [0.2, 0.25) is 4.34 Å². The molecule has 0 aliphatic carbocycles. The molecule has 1 amide bonds. The molecular formula is C16H20ClN3OS. The third-order valence-corrected chi connectivity index (χ3v) is 4.88. The van der Waals surface area contributed by atoms with Gasteiger partial charge in [-0.2, -0.15) is 5.10 Å². The number of thiophene rings is 1. The van der Waals surface area contributed by atoms with Gasteiger partial charge in [0, 0.05) is 29.7 Å². The largest absolute Gasteiger partial charge is 0.334 e. The van der Waals surface area contributed by atoms with Crippen LogP contribution in [0.3, 0.4) is 0 Å². The van der Waals surface area contributed by atoms with Gasteiger partial charge in [-0.25, -0.2) is 0 Å². The van der Waals surface area contributed by atoms with Crippen molar-refractivity contribution in [2.24, 2.45) is 7.05 Å². The summed E-state index contributed by atoms with van der Waals surface area (Å²) in [6, 6.07) is 3.81. The molecule has 2 aromatic heterocycles. The molecule has 0 spiro atoms. The minimum atomic E-state index is 0.0728. The number of hydrogen-bond donors (Lipinski definition) is 0. The molecule has 0 radical (unpaired) electrons. The van der Waals surface area contributed by atoms with Gasteiger partial charge in [0.15, 0.2) is 0 Å². The molecule has 6 heteroatoms. The van der Waals surface area contributed by atoms with Gasteiger partial charge in [-0.05, 0) is 26.0 Å². The third kappa shape index (κ3) is 3.78. The predicted molar refractivity (Wildman–Crippen MR) is 91.3 cm³/mol. The summed E-state index contributed by atoms with van der Waals surface area (Å²) in [7, 11) is 1.89. The van der Waals surface area contributed by atoms with E-state index in [1.165, 1.54) is 11.3 Å². The molecule has 0 atom stereocenters. The molecule has 0 N–H and O–H groups in total. The number of hydrogen-bond acceptors (Lipinski definition) is 3. The maximum absolute atomic E-state index is 12.6. The van der Waals surface area contributed by atoms with Crippen LogP contribution in [0.15, 0.2) is 24.8 Å². The van der Waals surface area contributed by atoms with Crippen molar-refractivity contribution >= 4 is 28.8 Å². The van der Waals surface area contributed by atoms with Gasteiger partial charge >= 0.3 is 0 Å². The van der Waals surface area contributed by atoms with E-state index in [4.69, 9.17) is 11.6 Å². The average Bonchev–Trinajstić information content (AvgIpc) is 2.97. The van der Waals surface area contributed by atoms with Crippen molar-refractivity contribution in [3.8, 4) is 0 Å². The molecule has 0 aromatic carbocycles. The molecule has 0 saturated heterocycles. The molecular weight excluding hydrogens is 318 g/mol. The Morgan fingerprint density at radius 2 is 2.23 bits per heavy atom. The Bertz CT molecular complexity index is 690. The van der Waals surface area contributed by atoms with Crippen LogP contribution in [-0.4, -0.2) is 27.1 Å². The average molecular weight is 338 g/mol. The van der Waals surface area contributed by atoms with Gasteiger partial charge in [0.2, 0.25) is 5.91 Å². The Kier molecular flexibility index (Phi) is 5.42. The first-order chi connectivity index (χ1) is 10.4. The Balaban J connectivity index is 2.14. The van der Waals surface area contributed by atoms with E-state index in [0.29, 0.717) is 19.5 Å². The highest BCUT2D eigenvalue weighted by Crippen LogP contribution is 2.23. The maximum Gasteiger partial charge on any atom is 0.227 e. The summed E-state index contributed by atoms with van der Waals surface area (Å²) >= 11 is 7.46. The Morgan fingerprint density at radius 3 is 2.73 bits per heavy atom. The van der Waals surface area contributed by atoms with E-state index in [0.717, 1.165) is 26.2 Å². The second-order valence-electron chi connectivity index (χ2n) is 5.22. The number of aryl methyl sites for hydroxylation is 2. The molecule has 0 fully saturated rings. The number of rotatable bonds is 6. The van der Waals surface area contributed by atoms with Crippen LogP contribution in [0.5, 0.6) is 0 Å². The summed E-state index contributed by atoms with van der Waals surface area (Å²) in [5, 5.41) is 4.37. The van der Waals surface area contributed by atoms with E-state index in [1.54, 1.807) is 11.0 Å². The van der Waals surface area contributed by atoms with E-state index in [-0.39, 0.29) is 5.91 Å². The zero-order chi connectivity index (χ0) is 16.3. The molecule has 0 bridgehead atoms. The van der Waals surface area contributed by atoms with Gasteiger partial charge < -0.3 is 4.90 Å². The molecule has 0 unspecified atom stereocenters. The van der Waals surface area contributed by atoms with Crippen molar-refractivity contribution in [1.82, 2.24) is 14.7 Å². The van der Waals surface area contributed by atoms with E-state index in [9.17, 15) is 4.79 Å². The first kappa shape index (κ1) is 16.8. The van der Waals surface area contributed by atoms with E-state index in [1.807, 2.05) is 37.7 Å². The van der Waals surface area contributed by atoms with E-state index >= 15 is 0 Å². The molecule has 2 rings (SSSR count). The molecule has 2 aromatic rings. The number of amides is 1. The number of carbonyl (C=O) groups is 1. The van der Waals surface area contributed by atoms with Crippen molar-refractivity contribution in [1.29, 1.82) is 0 Å². The lowest BCUT2D eigenvalue weighted by Crippen LogP contribution is -2.32. The van der Waals surface area contributed by atoms with E-state index in [2.05, 4.69) is 11.7 Å². The van der Waals surface area contributed by atoms with Gasteiger partial charge in [0.05, 0.1) is 23.0 Å². The van der Waals surface area contributed by atoms with Crippen LogP contribution >= 0.6 is 22.9 Å². The third-order valence-electron chi connectivity index (χ3n) is 3.66. The number of aromatic nitrogens is 2. The summed E-state index contributed by atoms with van der Waals surface area (Å²) < 4.78 is 2.55. The lowest BCUT2D eigenvalue weighted by atomic mass is 10.1. The highest BCUT2D eigenvalue weighted by molar-refractivity contribution is 7.16. The van der Waals surface area contributed by atoms with Crippen molar-refractivity contribution < 1.29 is 4.79 Å². The smallest absolute Gasteiger partial charge is 0.227 e. The van der Waals surface area contributed by atoms with Crippen LogP contribution in [0, 0.1) is 13.8 Å². The molecule has 118 valence electrons. The normalized spacial score (nSPS) is 10.7. The molecule has 0 aliphatic rings. The van der Waals surface area contributed by atoms with Crippen LogP contribution in [0.25, 0.3) is 0 Å². The molecule has 4 nitrogen and oxygen atoms in total. The number of carbonyl (C=O) groups excluding carboxylic acids is 1. The SMILES string of the molecule is C=CCN(Cc1ccc(Cl)s1)C(=O)Cc1c(C)nn(C)c1C. The van der Waals surface area contributed by atoms with Crippen molar-refractivity contribution in [3.63, 3.8) is 0 Å². The van der Waals surface area contributed by atoms with Crippen molar-refractivity contribution in [2.75, 3.05) is 6.54 Å². The first-order valence-corrected chi connectivity index (χ1v) is 8.23. The zero-order valence-corrected chi connectivity index (χ0v) is 14.7. The predicted octanol–water partition coefficient (Wildman–Crippen LogP) is 3.51. The highest BCUT2D eigenvalue weighted by atomic mass is 35.5. The minimum Gasteiger partial charge on any atom is -0.334 e. The van der Waals surface area contributed by atoms with Gasteiger partial charge in [-0.15, -0.1) is 17.9 Å². The van der Waals surface area contributed by atoms with Crippen LogP contribution in [0.4, 0.5) is 0 Å². The standard InChI is InChI=1S/C16H20ClN3OS/c1-5-8-20(10-13-6-7-15(17)22-13)16(21)9-14-11(2)18-19(4)12(14)3/h5-7H,1,8-10H2,2-4H3. The Labute approximate surface area is 140 Å². The molecule has 22 heavy (non-hydrogen) atoms. The summed E-state index contributed by atoms with van der Waals surface area (Å²) in [4.78, 5) is 15.5. The van der Waals surface area contributed by atoms with E-state index < -0.39 is 0 Å². The summed E-state index contributed by atoms with van der Waals surface area (Å²) in [6.45, 7) is 8.74. The number of halogens is 1. The molecule has 2 heterocycles. The summed E-state index contributed by atoms with van der Waals surface area (Å²) in [5.74, 6) is 0.0728. The minimum absolute atomic E-state index is 0.0728. The molecule has 0 aliphatic heterocycles.